The van der Waals surface area contributed by atoms with Crippen LogP contribution in [0.3, 0.4) is 0 Å². The van der Waals surface area contributed by atoms with E-state index < -0.39 is 22.0 Å². The van der Waals surface area contributed by atoms with Crippen molar-refractivity contribution in [1.29, 1.82) is 5.26 Å². The highest BCUT2D eigenvalue weighted by atomic mass is 32.2. The van der Waals surface area contributed by atoms with Crippen LogP contribution in [-0.2, 0) is 19.6 Å². The zero-order valence-electron chi connectivity index (χ0n) is 11.4. The summed E-state index contributed by atoms with van der Waals surface area (Å²) in [6.07, 6.45) is 0. The molecule has 0 radical (unpaired) electrons. The lowest BCUT2D eigenvalue weighted by atomic mass is 10.2. The number of nitriles is 1. The molecule has 7 nitrogen and oxygen atoms in total. The summed E-state index contributed by atoms with van der Waals surface area (Å²) in [5.41, 5.74) is 0. The zero-order chi connectivity index (χ0) is 15.5. The third-order valence-electron chi connectivity index (χ3n) is 3.01. The predicted molar refractivity (Wildman–Crippen MR) is 76.2 cm³/mol. The van der Waals surface area contributed by atoms with Gasteiger partial charge in [0, 0.05) is 19.6 Å². The Morgan fingerprint density at radius 2 is 2.38 bits per heavy atom. The molecule has 0 aliphatic carbocycles. The van der Waals surface area contributed by atoms with Gasteiger partial charge in [-0.1, -0.05) is 0 Å². The molecule has 0 bridgehead atoms. The summed E-state index contributed by atoms with van der Waals surface area (Å²) < 4.78 is 31.4. The van der Waals surface area contributed by atoms with Crippen LogP contribution in [0, 0.1) is 11.3 Å². The average Bonchev–Trinajstić information content (AvgIpc) is 2.97. The van der Waals surface area contributed by atoms with Crippen LogP contribution in [0.15, 0.2) is 16.3 Å². The molecule has 9 heteroatoms. The fraction of sp³-hybridized carbons (Fsp3) is 0.500. The largest absolute Gasteiger partial charge is 0.465 e. The van der Waals surface area contributed by atoms with Gasteiger partial charge in [-0.3, -0.25) is 4.79 Å². The first-order chi connectivity index (χ1) is 10.0. The fourth-order valence-corrected chi connectivity index (χ4v) is 4.86. The van der Waals surface area contributed by atoms with Crippen molar-refractivity contribution in [2.24, 2.45) is 0 Å². The number of carbonyl (C=O) groups excluding carboxylic acids is 1. The van der Waals surface area contributed by atoms with Crippen molar-refractivity contribution < 1.29 is 17.9 Å². The maximum Gasteiger partial charge on any atom is 0.325 e. The van der Waals surface area contributed by atoms with Gasteiger partial charge in [0.2, 0.25) is 0 Å². The van der Waals surface area contributed by atoms with Gasteiger partial charge in [0.25, 0.3) is 10.0 Å². The number of esters is 1. The number of carbonyl (C=O) groups is 1. The molecule has 0 aromatic carbocycles. The molecule has 1 N–H and O–H groups in total. The first kappa shape index (κ1) is 15.9. The highest BCUT2D eigenvalue weighted by Crippen LogP contribution is 2.26. The number of thiophene rings is 1. The molecule has 1 atom stereocenters. The van der Waals surface area contributed by atoms with Gasteiger partial charge in [0.15, 0.2) is 0 Å². The number of sulfonamides is 1. The zero-order valence-corrected chi connectivity index (χ0v) is 13.0. The second-order valence-electron chi connectivity index (χ2n) is 4.32. The fourth-order valence-electron chi connectivity index (χ4n) is 2.05. The topological polar surface area (TPSA) is 99.5 Å². The molecule has 1 unspecified atom stereocenters. The second kappa shape index (κ2) is 6.53. The molecule has 0 saturated carbocycles. The second-order valence-corrected chi connectivity index (χ2v) is 7.52. The number of ether oxygens (including phenoxy) is 1. The molecule has 0 amide bonds. The quantitative estimate of drug-likeness (QED) is 0.789. The molecule has 1 fully saturated rings. The number of piperazine rings is 1. The van der Waals surface area contributed by atoms with Gasteiger partial charge >= 0.3 is 5.97 Å². The molecule has 1 aromatic rings. The minimum atomic E-state index is -3.80. The van der Waals surface area contributed by atoms with E-state index in [1.807, 2.05) is 6.07 Å². The summed E-state index contributed by atoms with van der Waals surface area (Å²) in [7, 11) is -3.80. The van der Waals surface area contributed by atoms with Gasteiger partial charge in [-0.15, -0.1) is 11.3 Å². The summed E-state index contributed by atoms with van der Waals surface area (Å²) in [4.78, 5) is 12.2. The normalized spacial score (nSPS) is 19.9. The van der Waals surface area contributed by atoms with E-state index in [1.54, 1.807) is 6.92 Å². The molecular weight excluding hydrogens is 314 g/mol. The van der Waals surface area contributed by atoms with Crippen LogP contribution < -0.4 is 5.32 Å². The summed E-state index contributed by atoms with van der Waals surface area (Å²) in [6.45, 7) is 2.73. The summed E-state index contributed by atoms with van der Waals surface area (Å²) in [5, 5.41) is 11.8. The lowest BCUT2D eigenvalue weighted by Gasteiger charge is -2.32. The first-order valence-corrected chi connectivity index (χ1v) is 8.65. The Morgan fingerprint density at radius 3 is 3.00 bits per heavy atom. The first-order valence-electron chi connectivity index (χ1n) is 6.40. The average molecular weight is 329 g/mol. The van der Waals surface area contributed by atoms with Crippen LogP contribution in [0.25, 0.3) is 0 Å². The molecule has 1 saturated heterocycles. The maximum atomic E-state index is 12.6. The van der Waals surface area contributed by atoms with E-state index in [0.717, 1.165) is 15.6 Å². The Bertz CT molecular complexity index is 662. The molecule has 1 aliphatic heterocycles. The van der Waals surface area contributed by atoms with Gasteiger partial charge in [-0.25, -0.2) is 8.42 Å². The number of nitrogens with zero attached hydrogens (tertiary/aromatic N) is 2. The van der Waals surface area contributed by atoms with Crippen LogP contribution in [0.5, 0.6) is 0 Å². The van der Waals surface area contributed by atoms with E-state index in [9.17, 15) is 13.2 Å². The van der Waals surface area contributed by atoms with E-state index in [-0.39, 0.29) is 23.9 Å². The molecule has 0 spiro atoms. The van der Waals surface area contributed by atoms with E-state index in [1.165, 1.54) is 12.1 Å². The Balaban J connectivity index is 2.31. The molecule has 114 valence electrons. The summed E-state index contributed by atoms with van der Waals surface area (Å²) >= 11 is 0.897. The van der Waals surface area contributed by atoms with E-state index in [2.05, 4.69) is 5.32 Å². The lowest BCUT2D eigenvalue weighted by molar-refractivity contribution is -0.148. The van der Waals surface area contributed by atoms with Crippen molar-refractivity contribution in [2.75, 3.05) is 26.2 Å². The highest BCUT2D eigenvalue weighted by molar-refractivity contribution is 7.91. The van der Waals surface area contributed by atoms with Gasteiger partial charge in [-0.2, -0.15) is 9.57 Å². The molecule has 2 heterocycles. The van der Waals surface area contributed by atoms with E-state index in [4.69, 9.17) is 10.00 Å². The summed E-state index contributed by atoms with van der Waals surface area (Å²) in [6, 6.07) is 3.88. The smallest absolute Gasteiger partial charge is 0.325 e. The van der Waals surface area contributed by atoms with Crippen molar-refractivity contribution in [3.05, 3.63) is 17.0 Å². The number of nitrogens with one attached hydrogen (secondary N) is 1. The highest BCUT2D eigenvalue weighted by Gasteiger charge is 2.39. The molecule has 21 heavy (non-hydrogen) atoms. The van der Waals surface area contributed by atoms with Crippen LogP contribution in [0.4, 0.5) is 0 Å². The predicted octanol–water partition coefficient (Wildman–Crippen LogP) is 0.145. The Labute approximate surface area is 127 Å². The van der Waals surface area contributed by atoms with Gasteiger partial charge < -0.3 is 10.1 Å². The van der Waals surface area contributed by atoms with Crippen LogP contribution >= 0.6 is 11.3 Å². The minimum Gasteiger partial charge on any atom is -0.465 e. The van der Waals surface area contributed by atoms with Crippen LogP contribution in [0.2, 0.25) is 0 Å². The Morgan fingerprint density at radius 1 is 1.62 bits per heavy atom. The van der Waals surface area contributed by atoms with Gasteiger partial charge in [0.05, 0.1) is 6.61 Å². The van der Waals surface area contributed by atoms with Crippen molar-refractivity contribution in [2.45, 2.75) is 17.2 Å². The molecular formula is C12H15N3O4S2. The lowest BCUT2D eigenvalue weighted by Crippen LogP contribution is -2.57. The third kappa shape index (κ3) is 3.24. The molecule has 2 rings (SSSR count). The molecule has 1 aromatic heterocycles. The third-order valence-corrected chi connectivity index (χ3v) is 6.37. The monoisotopic (exact) mass is 329 g/mol. The van der Waals surface area contributed by atoms with Crippen molar-refractivity contribution >= 4 is 27.3 Å². The van der Waals surface area contributed by atoms with E-state index >= 15 is 0 Å². The van der Waals surface area contributed by atoms with Crippen molar-refractivity contribution in [1.82, 2.24) is 9.62 Å². The number of hydrogen-bond donors (Lipinski definition) is 1. The van der Waals surface area contributed by atoms with Gasteiger partial charge in [0.1, 0.15) is 21.2 Å². The van der Waals surface area contributed by atoms with Crippen molar-refractivity contribution in [3.63, 3.8) is 0 Å². The van der Waals surface area contributed by atoms with Crippen LogP contribution in [-0.4, -0.2) is 51.0 Å². The standard InChI is InChI=1S/C12H15N3O4S2/c1-2-19-12(16)10-8-14-5-6-15(10)21(17,18)11-4-3-9(7-13)20-11/h3-4,10,14H,2,5-6,8H2,1H3. The summed E-state index contributed by atoms with van der Waals surface area (Å²) in [5.74, 6) is -0.565. The SMILES string of the molecule is CCOC(=O)C1CNCCN1S(=O)(=O)c1ccc(C#N)s1. The van der Waals surface area contributed by atoms with E-state index in [0.29, 0.717) is 11.4 Å². The maximum absolute atomic E-state index is 12.6. The Hall–Kier alpha value is -1.47. The Kier molecular flexibility index (Phi) is 4.95. The van der Waals surface area contributed by atoms with Crippen LogP contribution in [0.1, 0.15) is 11.8 Å². The minimum absolute atomic E-state index is 0.0650. The number of rotatable bonds is 4. The van der Waals surface area contributed by atoms with Gasteiger partial charge in [-0.05, 0) is 19.1 Å². The number of hydrogen-bond acceptors (Lipinski definition) is 7. The van der Waals surface area contributed by atoms with Crippen molar-refractivity contribution in [3.8, 4) is 6.07 Å². The molecule has 1 aliphatic rings.